The van der Waals surface area contributed by atoms with E-state index in [4.69, 9.17) is 11.6 Å². The van der Waals surface area contributed by atoms with E-state index in [1.807, 2.05) is 0 Å². The average Bonchev–Trinajstić information content (AvgIpc) is 2.87. The van der Waals surface area contributed by atoms with Gasteiger partial charge in [-0.3, -0.25) is 14.9 Å². The number of amides is 4. The smallest absolute Gasteiger partial charge is 0.314 e. The maximum atomic E-state index is 13.8. The summed E-state index contributed by atoms with van der Waals surface area (Å²) >= 11 is 5.67. The number of hydrogen-bond donors (Lipinski definition) is 2. The van der Waals surface area contributed by atoms with Gasteiger partial charge in [-0.1, -0.05) is 11.6 Å². The highest BCUT2D eigenvalue weighted by Crippen LogP contribution is 2.36. The van der Waals surface area contributed by atoms with Crippen LogP contribution in [-0.2, 0) is 4.79 Å². The third-order valence-electron chi connectivity index (χ3n) is 3.94. The molecule has 2 aromatic carbocycles. The van der Waals surface area contributed by atoms with Crippen molar-refractivity contribution in [3.63, 3.8) is 0 Å². The van der Waals surface area contributed by atoms with Crippen molar-refractivity contribution in [2.24, 2.45) is 0 Å². The molecule has 3 rings (SSSR count). The number of hydrogen-bond acceptors (Lipinski definition) is 3. The van der Waals surface area contributed by atoms with E-state index < -0.39 is 35.5 Å². The van der Waals surface area contributed by atoms with Crippen LogP contribution in [0.4, 0.5) is 28.0 Å². The van der Waals surface area contributed by atoms with Gasteiger partial charge < -0.3 is 5.32 Å². The minimum absolute atomic E-state index is 0.176. The summed E-state index contributed by atoms with van der Waals surface area (Å²) in [5.74, 6) is -3.75. The van der Waals surface area contributed by atoms with Gasteiger partial charge in [-0.25, -0.2) is 14.1 Å². The Bertz CT molecular complexity index is 948. The van der Waals surface area contributed by atoms with Crippen LogP contribution in [0.2, 0.25) is 5.02 Å². The minimum Gasteiger partial charge on any atom is -0.314 e. The number of anilines is 1. The van der Waals surface area contributed by atoms with Crippen molar-refractivity contribution in [1.29, 1.82) is 0 Å². The lowest BCUT2D eigenvalue weighted by Crippen LogP contribution is -2.69. The summed E-state index contributed by atoms with van der Waals surface area (Å²) in [6.07, 6.45) is -5.36. The third kappa shape index (κ3) is 3.26. The van der Waals surface area contributed by atoms with Crippen LogP contribution in [0.5, 0.6) is 0 Å². The highest BCUT2D eigenvalue weighted by Gasteiger charge is 2.69. The van der Waals surface area contributed by atoms with Gasteiger partial charge in [0.2, 0.25) is 0 Å². The fraction of sp³-hybridized carbons (Fsp3) is 0.118. The van der Waals surface area contributed by atoms with Crippen LogP contribution in [0.15, 0.2) is 48.5 Å². The van der Waals surface area contributed by atoms with E-state index in [-0.39, 0.29) is 21.2 Å². The first-order valence-corrected chi connectivity index (χ1v) is 8.00. The first-order valence-electron chi connectivity index (χ1n) is 7.62. The molecule has 1 fully saturated rings. The maximum Gasteiger partial charge on any atom is 0.440 e. The molecule has 0 aliphatic carbocycles. The second-order valence-electron chi connectivity index (χ2n) is 5.76. The van der Waals surface area contributed by atoms with Crippen LogP contribution in [0.3, 0.4) is 0 Å². The number of nitrogens with zero attached hydrogens (tertiary/aromatic N) is 1. The van der Waals surface area contributed by atoms with E-state index in [9.17, 15) is 31.9 Å². The van der Waals surface area contributed by atoms with Crippen molar-refractivity contribution in [2.75, 3.05) is 4.90 Å². The molecule has 6 nitrogen and oxygen atoms in total. The van der Waals surface area contributed by atoms with Gasteiger partial charge in [-0.05, 0) is 48.5 Å². The Morgan fingerprint density at radius 3 is 2.14 bits per heavy atom. The zero-order valence-electron chi connectivity index (χ0n) is 13.7. The fourth-order valence-corrected chi connectivity index (χ4v) is 2.67. The van der Waals surface area contributed by atoms with Crippen LogP contribution in [-0.4, -0.2) is 29.7 Å². The number of carbonyl (C=O) groups is 3. The Hall–Kier alpha value is -3.14. The molecule has 0 spiro atoms. The predicted octanol–water partition coefficient (Wildman–Crippen LogP) is 3.22. The summed E-state index contributed by atoms with van der Waals surface area (Å²) in [4.78, 5) is 37.2. The lowest BCUT2D eigenvalue weighted by atomic mass is 10.1. The quantitative estimate of drug-likeness (QED) is 0.597. The van der Waals surface area contributed by atoms with Crippen molar-refractivity contribution in [3.05, 3.63) is 64.9 Å². The van der Waals surface area contributed by atoms with E-state index in [1.54, 1.807) is 5.32 Å². The summed E-state index contributed by atoms with van der Waals surface area (Å²) in [5, 5.41) is 3.29. The molecule has 0 aromatic heterocycles. The molecule has 1 aliphatic rings. The number of urea groups is 1. The predicted molar refractivity (Wildman–Crippen MR) is 90.1 cm³/mol. The molecule has 1 atom stereocenters. The summed E-state index contributed by atoms with van der Waals surface area (Å²) < 4.78 is 54.4. The van der Waals surface area contributed by atoms with Crippen LogP contribution >= 0.6 is 11.6 Å². The minimum atomic E-state index is -5.36. The van der Waals surface area contributed by atoms with Crippen LogP contribution in [0.1, 0.15) is 10.4 Å². The Morgan fingerprint density at radius 2 is 1.61 bits per heavy atom. The number of rotatable bonds is 3. The molecule has 0 bridgehead atoms. The van der Waals surface area contributed by atoms with Crippen molar-refractivity contribution < 1.29 is 31.9 Å². The number of alkyl halides is 3. The number of nitrogens with one attached hydrogen (secondary N) is 2. The van der Waals surface area contributed by atoms with Crippen LogP contribution < -0.4 is 15.5 Å². The highest BCUT2D eigenvalue weighted by atomic mass is 35.5. The van der Waals surface area contributed by atoms with Gasteiger partial charge >= 0.3 is 12.2 Å². The first kappa shape index (κ1) is 19.6. The summed E-state index contributed by atoms with van der Waals surface area (Å²) in [5.41, 5.74) is -4.19. The lowest BCUT2D eigenvalue weighted by Gasteiger charge is -2.29. The van der Waals surface area contributed by atoms with Crippen molar-refractivity contribution in [3.8, 4) is 0 Å². The molecule has 4 amide bonds. The second kappa shape index (κ2) is 6.79. The number of carbonyl (C=O) groups excluding carboxylic acids is 3. The van der Waals surface area contributed by atoms with E-state index in [0.717, 1.165) is 36.4 Å². The van der Waals surface area contributed by atoms with E-state index >= 15 is 0 Å². The molecular weight excluding hydrogens is 406 g/mol. The normalized spacial score (nSPS) is 19.5. The van der Waals surface area contributed by atoms with Gasteiger partial charge in [0.1, 0.15) is 5.82 Å². The van der Waals surface area contributed by atoms with Crippen molar-refractivity contribution in [1.82, 2.24) is 10.6 Å². The largest absolute Gasteiger partial charge is 0.440 e. The van der Waals surface area contributed by atoms with E-state index in [1.165, 1.54) is 17.4 Å². The molecule has 0 radical (unpaired) electrons. The average molecular weight is 416 g/mol. The molecule has 1 heterocycles. The molecule has 0 unspecified atom stereocenters. The topological polar surface area (TPSA) is 78.5 Å². The van der Waals surface area contributed by atoms with Crippen LogP contribution in [0, 0.1) is 5.82 Å². The first-order chi connectivity index (χ1) is 13.0. The molecule has 1 saturated heterocycles. The third-order valence-corrected chi connectivity index (χ3v) is 4.19. The standard InChI is InChI=1S/C17H10ClF4N3O3/c18-10-3-1-9(2-4-10)13(26)23-16(17(20,21)22)14(27)25(15(28)24-16)12-7-5-11(19)6-8-12/h1-8H,(H,23,26)(H,24,28)/t16-/m0/s1. The molecule has 2 N–H and O–H groups in total. The summed E-state index contributed by atoms with van der Waals surface area (Å²) in [6.45, 7) is 0. The number of benzene rings is 2. The van der Waals surface area contributed by atoms with Gasteiger partial charge in [-0.2, -0.15) is 13.2 Å². The zero-order valence-corrected chi connectivity index (χ0v) is 14.4. The fourth-order valence-electron chi connectivity index (χ4n) is 2.55. The molecular formula is C17H10ClF4N3O3. The van der Waals surface area contributed by atoms with E-state index in [0.29, 0.717) is 0 Å². The lowest BCUT2D eigenvalue weighted by molar-refractivity contribution is -0.197. The molecule has 146 valence electrons. The van der Waals surface area contributed by atoms with Gasteiger partial charge in [0.25, 0.3) is 17.5 Å². The second-order valence-corrected chi connectivity index (χ2v) is 6.19. The molecule has 28 heavy (non-hydrogen) atoms. The SMILES string of the molecule is O=C(N[C@]1(C(F)(F)F)NC(=O)N(c2ccc(F)cc2)C1=O)c1ccc(Cl)cc1. The van der Waals surface area contributed by atoms with Gasteiger partial charge in [0, 0.05) is 10.6 Å². The Kier molecular flexibility index (Phi) is 4.76. The number of halogens is 5. The molecule has 2 aromatic rings. The van der Waals surface area contributed by atoms with Gasteiger partial charge in [0.15, 0.2) is 0 Å². The maximum absolute atomic E-state index is 13.8. The van der Waals surface area contributed by atoms with Crippen LogP contribution in [0.25, 0.3) is 0 Å². The molecule has 0 saturated carbocycles. The van der Waals surface area contributed by atoms with Crippen molar-refractivity contribution >= 4 is 35.1 Å². The molecule has 11 heteroatoms. The van der Waals surface area contributed by atoms with Crippen molar-refractivity contribution in [2.45, 2.75) is 11.8 Å². The van der Waals surface area contributed by atoms with Gasteiger partial charge in [0.05, 0.1) is 5.69 Å². The zero-order chi connectivity index (χ0) is 20.7. The molecule has 1 aliphatic heterocycles. The summed E-state index contributed by atoms with van der Waals surface area (Å²) in [6, 6.07) is 7.09. The highest BCUT2D eigenvalue weighted by molar-refractivity contribution is 6.30. The monoisotopic (exact) mass is 415 g/mol. The Balaban J connectivity index is 1.99. The summed E-state index contributed by atoms with van der Waals surface area (Å²) in [7, 11) is 0. The Morgan fingerprint density at radius 1 is 1.04 bits per heavy atom. The van der Waals surface area contributed by atoms with Gasteiger partial charge in [-0.15, -0.1) is 0 Å². The Labute approximate surface area is 160 Å². The van der Waals surface area contributed by atoms with E-state index in [2.05, 4.69) is 0 Å². The number of imide groups is 1.